The molecule has 0 radical (unpaired) electrons. The zero-order valence-corrected chi connectivity index (χ0v) is 22.3. The lowest BCUT2D eigenvalue weighted by Crippen LogP contribution is -2.36. The van der Waals surface area contributed by atoms with Crippen molar-refractivity contribution in [1.29, 1.82) is 0 Å². The standard InChI is InChI=1S/C22H15BrClIN2O5S/c1-3-6-32-20-16(25)7-12(8-17(20)31-2)9-18-21(29)27(22(30)33-18)11-19(28)26-13-4-5-14(23)15(24)10-13/h1,4-5,7-10H,6,11H2,2H3,(H,26,28)/b18-9+. The molecular weight excluding hydrogens is 647 g/mol. The molecule has 0 bridgehead atoms. The summed E-state index contributed by atoms with van der Waals surface area (Å²) >= 11 is 12.1. The second-order valence-corrected chi connectivity index (χ2v) is 9.89. The monoisotopic (exact) mass is 660 g/mol. The van der Waals surface area contributed by atoms with Gasteiger partial charge in [-0.15, -0.1) is 6.42 Å². The minimum absolute atomic E-state index is 0.0825. The van der Waals surface area contributed by atoms with Gasteiger partial charge >= 0.3 is 0 Å². The molecule has 1 heterocycles. The molecule has 3 amide bonds. The number of anilines is 1. The molecule has 1 aliphatic rings. The van der Waals surface area contributed by atoms with E-state index in [9.17, 15) is 14.4 Å². The van der Waals surface area contributed by atoms with E-state index in [2.05, 4.69) is 49.8 Å². The van der Waals surface area contributed by atoms with Crippen molar-refractivity contribution >= 4 is 90.7 Å². The van der Waals surface area contributed by atoms with Crippen LogP contribution in [0.25, 0.3) is 6.08 Å². The van der Waals surface area contributed by atoms with Crippen LogP contribution in [0.4, 0.5) is 10.5 Å². The Kier molecular flexibility index (Phi) is 8.69. The molecule has 0 aromatic heterocycles. The topological polar surface area (TPSA) is 84.9 Å². The average Bonchev–Trinajstić information content (AvgIpc) is 3.02. The smallest absolute Gasteiger partial charge is 0.294 e. The number of methoxy groups -OCH3 is 1. The van der Waals surface area contributed by atoms with Crippen molar-refractivity contribution in [2.24, 2.45) is 0 Å². The molecule has 0 unspecified atom stereocenters. The predicted molar refractivity (Wildman–Crippen MR) is 140 cm³/mol. The number of rotatable bonds is 7. The maximum absolute atomic E-state index is 12.8. The van der Waals surface area contributed by atoms with Gasteiger partial charge in [0, 0.05) is 10.2 Å². The van der Waals surface area contributed by atoms with Crippen molar-refractivity contribution < 1.29 is 23.9 Å². The molecule has 1 fully saturated rings. The maximum Gasteiger partial charge on any atom is 0.294 e. The van der Waals surface area contributed by atoms with E-state index in [-0.39, 0.29) is 11.5 Å². The zero-order valence-electron chi connectivity index (χ0n) is 17.0. The summed E-state index contributed by atoms with van der Waals surface area (Å²) in [6.45, 7) is -0.339. The number of imide groups is 1. The van der Waals surface area contributed by atoms with E-state index in [4.69, 9.17) is 27.5 Å². The van der Waals surface area contributed by atoms with Gasteiger partial charge in [-0.2, -0.15) is 0 Å². The van der Waals surface area contributed by atoms with Crippen LogP contribution < -0.4 is 14.8 Å². The van der Waals surface area contributed by atoms with Gasteiger partial charge in [-0.1, -0.05) is 17.5 Å². The molecule has 0 saturated carbocycles. The molecule has 33 heavy (non-hydrogen) atoms. The van der Waals surface area contributed by atoms with Crippen molar-refractivity contribution in [3.8, 4) is 23.8 Å². The number of hydrogen-bond acceptors (Lipinski definition) is 6. The number of amides is 3. The Bertz CT molecular complexity index is 1210. The van der Waals surface area contributed by atoms with Gasteiger partial charge in [-0.25, -0.2) is 0 Å². The Labute approximate surface area is 221 Å². The van der Waals surface area contributed by atoms with Crippen LogP contribution in [0.2, 0.25) is 5.02 Å². The first-order valence-corrected chi connectivity index (χ1v) is 12.2. The Morgan fingerprint density at radius 1 is 1.36 bits per heavy atom. The summed E-state index contributed by atoms with van der Waals surface area (Å²) in [4.78, 5) is 38.6. The normalized spacial score (nSPS) is 14.4. The van der Waals surface area contributed by atoms with Crippen molar-refractivity contribution in [2.45, 2.75) is 0 Å². The molecule has 1 saturated heterocycles. The van der Waals surface area contributed by atoms with E-state index in [1.165, 1.54) is 7.11 Å². The zero-order chi connectivity index (χ0) is 24.1. The molecule has 1 N–H and O–H groups in total. The molecule has 7 nitrogen and oxygen atoms in total. The van der Waals surface area contributed by atoms with Crippen LogP contribution in [0.5, 0.6) is 11.5 Å². The van der Waals surface area contributed by atoms with Crippen LogP contribution in [-0.2, 0) is 9.59 Å². The fourth-order valence-electron chi connectivity index (χ4n) is 2.78. The fourth-order valence-corrected chi connectivity index (χ4v) is 4.83. The number of terminal acetylenes is 1. The molecule has 170 valence electrons. The summed E-state index contributed by atoms with van der Waals surface area (Å²) in [5.41, 5.74) is 1.08. The summed E-state index contributed by atoms with van der Waals surface area (Å²) in [6.07, 6.45) is 6.81. The molecule has 2 aromatic carbocycles. The van der Waals surface area contributed by atoms with Gasteiger partial charge in [0.25, 0.3) is 11.1 Å². The Balaban J connectivity index is 1.75. The Morgan fingerprint density at radius 3 is 2.79 bits per heavy atom. The Morgan fingerprint density at radius 2 is 2.12 bits per heavy atom. The average molecular weight is 662 g/mol. The number of nitrogens with one attached hydrogen (secondary N) is 1. The number of hydrogen-bond donors (Lipinski definition) is 1. The third-order valence-corrected chi connectivity index (χ3v) is 7.17. The highest BCUT2D eigenvalue weighted by atomic mass is 127. The lowest BCUT2D eigenvalue weighted by molar-refractivity contribution is -0.127. The van der Waals surface area contributed by atoms with Gasteiger partial charge in [-0.3, -0.25) is 19.3 Å². The summed E-state index contributed by atoms with van der Waals surface area (Å²) in [6, 6.07) is 8.33. The van der Waals surface area contributed by atoms with Crippen molar-refractivity contribution in [3.05, 3.63) is 53.9 Å². The van der Waals surface area contributed by atoms with Crippen LogP contribution in [0.15, 0.2) is 39.7 Å². The molecule has 2 aromatic rings. The molecule has 1 aliphatic heterocycles. The first-order valence-electron chi connectivity index (χ1n) is 9.17. The van der Waals surface area contributed by atoms with Crippen molar-refractivity contribution in [1.82, 2.24) is 4.90 Å². The molecule has 0 aliphatic carbocycles. The predicted octanol–water partition coefficient (Wildman–Crippen LogP) is 5.40. The third-order valence-electron chi connectivity index (χ3n) is 4.23. The maximum atomic E-state index is 12.8. The highest BCUT2D eigenvalue weighted by molar-refractivity contribution is 14.1. The highest BCUT2D eigenvalue weighted by Gasteiger charge is 2.36. The Hall–Kier alpha value is -2.20. The van der Waals surface area contributed by atoms with E-state index >= 15 is 0 Å². The van der Waals surface area contributed by atoms with Crippen molar-refractivity contribution in [2.75, 3.05) is 25.6 Å². The van der Waals surface area contributed by atoms with Gasteiger partial charge in [-0.05, 0) is 92.3 Å². The largest absolute Gasteiger partial charge is 0.493 e. The van der Waals surface area contributed by atoms with E-state index in [1.54, 1.807) is 36.4 Å². The lowest BCUT2D eigenvalue weighted by Gasteiger charge is -2.13. The summed E-state index contributed by atoms with van der Waals surface area (Å²) in [5.74, 6) is 2.24. The summed E-state index contributed by atoms with van der Waals surface area (Å²) in [7, 11) is 1.49. The SMILES string of the molecule is C#CCOc1c(I)cc(/C=C2/SC(=O)N(CC(=O)Nc3ccc(Br)c(Cl)c3)C2=O)cc1OC. The third kappa shape index (κ3) is 6.23. The number of carbonyl (C=O) groups is 3. The van der Waals surface area contributed by atoms with Crippen LogP contribution in [0, 0.1) is 15.9 Å². The van der Waals surface area contributed by atoms with Crippen LogP contribution in [0.1, 0.15) is 5.56 Å². The number of benzene rings is 2. The van der Waals surface area contributed by atoms with Crippen molar-refractivity contribution in [3.63, 3.8) is 0 Å². The second-order valence-electron chi connectivity index (χ2n) is 6.47. The molecular formula is C22H15BrClIN2O5S. The van der Waals surface area contributed by atoms with E-state index in [1.807, 2.05) is 0 Å². The number of ether oxygens (including phenoxy) is 2. The molecule has 0 atom stereocenters. The fraction of sp³-hybridized carbons (Fsp3) is 0.136. The van der Waals surface area contributed by atoms with Gasteiger partial charge in [0.1, 0.15) is 13.2 Å². The van der Waals surface area contributed by atoms with E-state index < -0.39 is 23.6 Å². The number of thioether (sulfide) groups is 1. The van der Waals surface area contributed by atoms with E-state index in [0.29, 0.717) is 32.2 Å². The van der Waals surface area contributed by atoms with Gasteiger partial charge in [0.15, 0.2) is 11.5 Å². The first kappa shape index (κ1) is 25.4. The molecule has 0 spiro atoms. The highest BCUT2D eigenvalue weighted by Crippen LogP contribution is 2.37. The van der Waals surface area contributed by atoms with Crippen LogP contribution >= 0.6 is 61.9 Å². The van der Waals surface area contributed by atoms with Crippen LogP contribution in [0.3, 0.4) is 0 Å². The number of nitrogens with zero attached hydrogens (tertiary/aromatic N) is 1. The lowest BCUT2D eigenvalue weighted by atomic mass is 10.2. The molecule has 3 rings (SSSR count). The minimum Gasteiger partial charge on any atom is -0.493 e. The summed E-state index contributed by atoms with van der Waals surface area (Å²) < 4.78 is 12.3. The van der Waals surface area contributed by atoms with Gasteiger partial charge in [0.05, 0.1) is 20.6 Å². The minimum atomic E-state index is -0.560. The van der Waals surface area contributed by atoms with Crippen LogP contribution in [-0.4, -0.2) is 42.2 Å². The number of carbonyl (C=O) groups excluding carboxylic acids is 3. The molecule has 11 heteroatoms. The van der Waals surface area contributed by atoms with Gasteiger partial charge < -0.3 is 14.8 Å². The first-order chi connectivity index (χ1) is 15.7. The second kappa shape index (κ2) is 11.3. The summed E-state index contributed by atoms with van der Waals surface area (Å²) in [5, 5.41) is 2.51. The number of halogens is 3. The van der Waals surface area contributed by atoms with E-state index in [0.717, 1.165) is 20.2 Å². The quantitative estimate of drug-likeness (QED) is 0.243. The van der Waals surface area contributed by atoms with Gasteiger partial charge in [0.2, 0.25) is 5.91 Å².